The maximum Gasteiger partial charge on any atom is 0.238 e. The van der Waals surface area contributed by atoms with Gasteiger partial charge in [0.15, 0.2) is 5.82 Å². The predicted molar refractivity (Wildman–Crippen MR) is 112 cm³/mol. The van der Waals surface area contributed by atoms with Crippen LogP contribution in [0.2, 0.25) is 0 Å². The van der Waals surface area contributed by atoms with Crippen LogP contribution in [-0.4, -0.2) is 28.9 Å². The standard InChI is InChI=1S/C24H19N3O3/c1-30-18-8-9-19-16(11-18)12-25-22(26-19)13-4-6-17(7-5-13)27-23(28)20-14-2-3-15(10-14)21(20)24(27)29/h2-9,11-12,14-15,20-21H,10H2,1H3/t14-,15+,20-,21+. The molecule has 0 unspecified atom stereocenters. The molecule has 1 aliphatic heterocycles. The van der Waals surface area contributed by atoms with Crippen LogP contribution >= 0.6 is 0 Å². The van der Waals surface area contributed by atoms with Gasteiger partial charge in [0, 0.05) is 17.1 Å². The molecule has 2 fully saturated rings. The number of carbonyl (C=O) groups excluding carboxylic acids is 2. The molecule has 1 aromatic heterocycles. The van der Waals surface area contributed by atoms with Gasteiger partial charge < -0.3 is 4.74 Å². The lowest BCUT2D eigenvalue weighted by Gasteiger charge is -2.17. The van der Waals surface area contributed by atoms with Crippen molar-refractivity contribution >= 4 is 28.4 Å². The van der Waals surface area contributed by atoms with E-state index >= 15 is 0 Å². The molecule has 1 saturated carbocycles. The first kappa shape index (κ1) is 17.3. The lowest BCUT2D eigenvalue weighted by atomic mass is 9.85. The number of methoxy groups -OCH3 is 1. The quantitative estimate of drug-likeness (QED) is 0.499. The number of imide groups is 1. The van der Waals surface area contributed by atoms with Gasteiger partial charge in [-0.3, -0.25) is 14.5 Å². The highest BCUT2D eigenvalue weighted by atomic mass is 16.5. The van der Waals surface area contributed by atoms with Crippen molar-refractivity contribution in [1.82, 2.24) is 9.97 Å². The number of hydrogen-bond donors (Lipinski definition) is 0. The Bertz CT molecular complexity index is 1200. The van der Waals surface area contributed by atoms with Crippen molar-refractivity contribution in [2.75, 3.05) is 12.0 Å². The molecule has 6 nitrogen and oxygen atoms in total. The minimum atomic E-state index is -0.187. The minimum absolute atomic E-state index is 0.0643. The number of carbonyl (C=O) groups is 2. The maximum absolute atomic E-state index is 13.0. The van der Waals surface area contributed by atoms with Crippen LogP contribution in [0.5, 0.6) is 5.75 Å². The average Bonchev–Trinajstić information content (AvgIpc) is 3.47. The van der Waals surface area contributed by atoms with E-state index in [1.54, 1.807) is 13.3 Å². The molecule has 2 heterocycles. The second-order valence-corrected chi connectivity index (χ2v) is 8.18. The molecule has 4 atom stereocenters. The summed E-state index contributed by atoms with van der Waals surface area (Å²) in [6, 6.07) is 13.0. The zero-order valence-electron chi connectivity index (χ0n) is 16.4. The van der Waals surface area contributed by atoms with Gasteiger partial charge in [-0.1, -0.05) is 12.2 Å². The minimum Gasteiger partial charge on any atom is -0.497 e. The molecular weight excluding hydrogens is 378 g/mol. The Labute approximate surface area is 173 Å². The van der Waals surface area contributed by atoms with Gasteiger partial charge in [-0.2, -0.15) is 0 Å². The van der Waals surface area contributed by atoms with Crippen LogP contribution in [0.3, 0.4) is 0 Å². The number of allylic oxidation sites excluding steroid dienone is 2. The number of amides is 2. The first-order valence-corrected chi connectivity index (χ1v) is 10.1. The van der Waals surface area contributed by atoms with Crippen LogP contribution in [-0.2, 0) is 9.59 Å². The Hall–Kier alpha value is -3.54. The SMILES string of the molecule is COc1ccc2nc(-c3ccc(N4C(=O)[C@@H]5[C@H](C4=O)[C@@H]4C=C[C@H]5C4)cc3)ncc2c1. The van der Waals surface area contributed by atoms with Gasteiger partial charge in [0.2, 0.25) is 11.8 Å². The van der Waals surface area contributed by atoms with Crippen molar-refractivity contribution in [1.29, 1.82) is 0 Å². The third-order valence-corrected chi connectivity index (χ3v) is 6.64. The van der Waals surface area contributed by atoms with E-state index < -0.39 is 0 Å². The summed E-state index contributed by atoms with van der Waals surface area (Å²) in [5.41, 5.74) is 2.27. The van der Waals surface area contributed by atoms with Gasteiger partial charge in [0.25, 0.3) is 0 Å². The van der Waals surface area contributed by atoms with E-state index in [0.717, 1.165) is 28.6 Å². The highest BCUT2D eigenvalue weighted by Crippen LogP contribution is 2.53. The zero-order chi connectivity index (χ0) is 20.4. The number of benzene rings is 2. The predicted octanol–water partition coefficient (Wildman–Crippen LogP) is 3.62. The Kier molecular flexibility index (Phi) is 3.60. The summed E-state index contributed by atoms with van der Waals surface area (Å²) in [7, 11) is 1.63. The Morgan fingerprint density at radius 2 is 1.67 bits per heavy atom. The van der Waals surface area contributed by atoms with Gasteiger partial charge in [-0.15, -0.1) is 0 Å². The zero-order valence-corrected chi connectivity index (χ0v) is 16.4. The van der Waals surface area contributed by atoms with Crippen LogP contribution in [0.1, 0.15) is 6.42 Å². The lowest BCUT2D eigenvalue weighted by molar-refractivity contribution is -0.123. The number of rotatable bonds is 3. The van der Waals surface area contributed by atoms with Gasteiger partial charge in [-0.25, -0.2) is 9.97 Å². The van der Waals surface area contributed by atoms with Crippen molar-refractivity contribution < 1.29 is 14.3 Å². The second-order valence-electron chi connectivity index (χ2n) is 8.18. The Balaban J connectivity index is 1.30. The molecule has 6 heteroatoms. The van der Waals surface area contributed by atoms with Crippen LogP contribution in [0.4, 0.5) is 5.69 Å². The molecule has 148 valence electrons. The Morgan fingerprint density at radius 3 is 2.33 bits per heavy atom. The summed E-state index contributed by atoms with van der Waals surface area (Å²) >= 11 is 0. The molecular formula is C24H19N3O3. The average molecular weight is 397 g/mol. The molecule has 0 radical (unpaired) electrons. The number of aromatic nitrogens is 2. The second kappa shape index (κ2) is 6.23. The third-order valence-electron chi connectivity index (χ3n) is 6.64. The molecule has 1 saturated heterocycles. The fourth-order valence-corrected chi connectivity index (χ4v) is 5.19. The molecule has 2 amide bonds. The molecule has 2 bridgehead atoms. The van der Waals surface area contributed by atoms with Crippen molar-refractivity contribution in [2.24, 2.45) is 23.7 Å². The van der Waals surface area contributed by atoms with Gasteiger partial charge in [0.1, 0.15) is 5.75 Å². The summed E-state index contributed by atoms with van der Waals surface area (Å²) in [5, 5.41) is 0.901. The van der Waals surface area contributed by atoms with Crippen LogP contribution < -0.4 is 9.64 Å². The van der Waals surface area contributed by atoms with E-state index in [1.807, 2.05) is 42.5 Å². The van der Waals surface area contributed by atoms with Crippen LogP contribution in [0.15, 0.2) is 60.8 Å². The molecule has 2 aromatic carbocycles. The molecule has 2 aliphatic carbocycles. The fraction of sp³-hybridized carbons (Fsp3) is 0.250. The van der Waals surface area contributed by atoms with E-state index in [1.165, 1.54) is 4.90 Å². The molecule has 3 aliphatic rings. The number of nitrogens with zero attached hydrogens (tertiary/aromatic N) is 3. The summed E-state index contributed by atoms with van der Waals surface area (Å²) in [4.78, 5) is 36.4. The first-order chi connectivity index (χ1) is 14.6. The van der Waals surface area contributed by atoms with Crippen molar-refractivity contribution in [3.63, 3.8) is 0 Å². The summed E-state index contributed by atoms with van der Waals surface area (Å²) in [5.74, 6) is 1.28. The topological polar surface area (TPSA) is 72.4 Å². The number of hydrogen-bond acceptors (Lipinski definition) is 5. The summed E-state index contributed by atoms with van der Waals surface area (Å²) in [6.07, 6.45) is 6.92. The maximum atomic E-state index is 13.0. The molecule has 0 N–H and O–H groups in total. The van der Waals surface area contributed by atoms with Gasteiger partial charge in [0.05, 0.1) is 30.1 Å². The fourth-order valence-electron chi connectivity index (χ4n) is 5.19. The van der Waals surface area contributed by atoms with Crippen molar-refractivity contribution in [3.8, 4) is 17.1 Å². The normalized spacial score (nSPS) is 26.6. The lowest BCUT2D eigenvalue weighted by Crippen LogP contribution is -2.32. The van der Waals surface area contributed by atoms with E-state index in [2.05, 4.69) is 22.1 Å². The first-order valence-electron chi connectivity index (χ1n) is 10.1. The smallest absolute Gasteiger partial charge is 0.238 e. The summed E-state index contributed by atoms with van der Waals surface area (Å²) in [6.45, 7) is 0. The monoisotopic (exact) mass is 397 g/mol. The summed E-state index contributed by atoms with van der Waals surface area (Å²) < 4.78 is 5.24. The van der Waals surface area contributed by atoms with Gasteiger partial charge in [-0.05, 0) is 60.7 Å². The van der Waals surface area contributed by atoms with Crippen molar-refractivity contribution in [3.05, 3.63) is 60.8 Å². The number of anilines is 1. The van der Waals surface area contributed by atoms with E-state index in [9.17, 15) is 9.59 Å². The van der Waals surface area contributed by atoms with E-state index in [4.69, 9.17) is 4.74 Å². The highest BCUT2D eigenvalue weighted by molar-refractivity contribution is 6.22. The molecule has 30 heavy (non-hydrogen) atoms. The van der Waals surface area contributed by atoms with E-state index in [-0.39, 0.29) is 35.5 Å². The van der Waals surface area contributed by atoms with Crippen molar-refractivity contribution in [2.45, 2.75) is 6.42 Å². The largest absolute Gasteiger partial charge is 0.497 e. The highest BCUT2D eigenvalue weighted by Gasteiger charge is 2.59. The molecule has 0 spiro atoms. The number of ether oxygens (including phenoxy) is 1. The Morgan fingerprint density at radius 1 is 0.967 bits per heavy atom. The van der Waals surface area contributed by atoms with Crippen LogP contribution in [0.25, 0.3) is 22.3 Å². The van der Waals surface area contributed by atoms with E-state index in [0.29, 0.717) is 11.5 Å². The van der Waals surface area contributed by atoms with Crippen LogP contribution in [0, 0.1) is 23.7 Å². The third kappa shape index (κ3) is 2.36. The molecule has 3 aromatic rings. The molecule has 6 rings (SSSR count). The van der Waals surface area contributed by atoms with Gasteiger partial charge >= 0.3 is 0 Å². The number of fused-ring (bicyclic) bond motifs is 6.